The van der Waals surface area contributed by atoms with Crippen LogP contribution in [0.5, 0.6) is 0 Å². The maximum atomic E-state index is 13.3. The Morgan fingerprint density at radius 3 is 2.48 bits per heavy atom. The van der Waals surface area contributed by atoms with E-state index in [1.807, 2.05) is 0 Å². The zero-order valence-corrected chi connectivity index (χ0v) is 19.7. The van der Waals surface area contributed by atoms with Crippen LogP contribution in [0.2, 0.25) is 0 Å². The van der Waals surface area contributed by atoms with E-state index in [1.54, 1.807) is 43.3 Å². The van der Waals surface area contributed by atoms with Crippen molar-refractivity contribution in [2.75, 3.05) is 33.5 Å². The number of hydrogen-bond acceptors (Lipinski definition) is 7. The van der Waals surface area contributed by atoms with Gasteiger partial charge in [-0.05, 0) is 50.0 Å². The Bertz CT molecular complexity index is 1250. The highest BCUT2D eigenvalue weighted by Gasteiger charge is 2.35. The Balaban J connectivity index is 1.92. The number of benzene rings is 1. The van der Waals surface area contributed by atoms with Crippen molar-refractivity contribution >= 4 is 27.1 Å². The Morgan fingerprint density at radius 1 is 1.15 bits per heavy atom. The molecule has 0 N–H and O–H groups in total. The maximum Gasteiger partial charge on any atom is 0.435 e. The number of likely N-dealkylation sites (N-methyl/N-ethyl adjacent to an activating group) is 1. The summed E-state index contributed by atoms with van der Waals surface area (Å²) in [4.78, 5) is 15.2. The van der Waals surface area contributed by atoms with E-state index in [4.69, 9.17) is 4.74 Å². The smallest absolute Gasteiger partial charge is 0.435 e. The van der Waals surface area contributed by atoms with E-state index in [0.717, 1.165) is 28.3 Å². The summed E-state index contributed by atoms with van der Waals surface area (Å²) in [6.07, 6.45) is -3.58. The highest BCUT2D eigenvalue weighted by Crippen LogP contribution is 2.38. The van der Waals surface area contributed by atoms with Crippen LogP contribution in [-0.4, -0.2) is 62.6 Å². The standard InChI is InChI=1S/C21H22F3N3O4S2/c1-26(2)9-10-31-20(28)13-27-16(12-19(25-27)21(22,23)24)18-8-7-17(32-18)14-5-4-6-15(11-14)33(3,29)30/h4-8,11-12H,9-10,13H2,1-3H3. The predicted molar refractivity (Wildman–Crippen MR) is 119 cm³/mol. The van der Waals surface area contributed by atoms with Crippen LogP contribution in [0.25, 0.3) is 21.0 Å². The second kappa shape index (κ2) is 9.65. The number of halogens is 3. The van der Waals surface area contributed by atoms with Crippen LogP contribution in [0, 0.1) is 0 Å². The van der Waals surface area contributed by atoms with Crippen molar-refractivity contribution < 1.29 is 31.1 Å². The fourth-order valence-corrected chi connectivity index (χ4v) is 4.58. The van der Waals surface area contributed by atoms with Gasteiger partial charge in [-0.25, -0.2) is 8.42 Å². The van der Waals surface area contributed by atoms with Gasteiger partial charge >= 0.3 is 12.1 Å². The fourth-order valence-electron chi connectivity index (χ4n) is 2.89. The van der Waals surface area contributed by atoms with Crippen molar-refractivity contribution in [2.24, 2.45) is 0 Å². The van der Waals surface area contributed by atoms with Gasteiger partial charge in [0.25, 0.3) is 0 Å². The molecule has 1 aromatic carbocycles. The van der Waals surface area contributed by atoms with E-state index < -0.39 is 34.2 Å². The van der Waals surface area contributed by atoms with E-state index in [1.165, 1.54) is 12.1 Å². The molecule has 0 amide bonds. The van der Waals surface area contributed by atoms with Crippen LogP contribution in [0.15, 0.2) is 47.4 Å². The molecule has 178 valence electrons. The van der Waals surface area contributed by atoms with Crippen molar-refractivity contribution in [2.45, 2.75) is 17.6 Å². The minimum absolute atomic E-state index is 0.106. The molecule has 0 radical (unpaired) electrons. The van der Waals surface area contributed by atoms with E-state index in [2.05, 4.69) is 5.10 Å². The normalized spacial score (nSPS) is 12.3. The first kappa shape index (κ1) is 24.9. The number of sulfone groups is 1. The van der Waals surface area contributed by atoms with Crippen LogP contribution in [0.4, 0.5) is 13.2 Å². The van der Waals surface area contributed by atoms with Crippen LogP contribution >= 0.6 is 11.3 Å². The molecule has 0 spiro atoms. The fraction of sp³-hybridized carbons (Fsp3) is 0.333. The molecule has 0 aliphatic heterocycles. The topological polar surface area (TPSA) is 81.5 Å². The lowest BCUT2D eigenvalue weighted by Crippen LogP contribution is -2.22. The Hall–Kier alpha value is -2.70. The Labute approximate surface area is 193 Å². The molecule has 0 saturated heterocycles. The van der Waals surface area contributed by atoms with Gasteiger partial charge < -0.3 is 9.64 Å². The lowest BCUT2D eigenvalue weighted by molar-refractivity contribution is -0.146. The summed E-state index contributed by atoms with van der Waals surface area (Å²) in [5, 5.41) is 3.58. The van der Waals surface area contributed by atoms with Crippen LogP contribution in [0.1, 0.15) is 5.69 Å². The third kappa shape index (κ3) is 6.42. The van der Waals surface area contributed by atoms with Gasteiger partial charge in [-0.15, -0.1) is 11.3 Å². The highest BCUT2D eigenvalue weighted by molar-refractivity contribution is 7.90. The number of carbonyl (C=O) groups excluding carboxylic acids is 1. The molecule has 0 fully saturated rings. The van der Waals surface area contributed by atoms with E-state index in [9.17, 15) is 26.4 Å². The van der Waals surface area contributed by atoms with Crippen LogP contribution < -0.4 is 0 Å². The zero-order chi connectivity index (χ0) is 24.4. The first-order chi connectivity index (χ1) is 15.3. The Morgan fingerprint density at radius 2 is 1.85 bits per heavy atom. The van der Waals surface area contributed by atoms with E-state index in [-0.39, 0.29) is 17.2 Å². The minimum Gasteiger partial charge on any atom is -0.463 e. The summed E-state index contributed by atoms with van der Waals surface area (Å²) in [6.45, 7) is 0.108. The van der Waals surface area contributed by atoms with Crippen molar-refractivity contribution in [3.05, 3.63) is 48.2 Å². The number of hydrogen-bond donors (Lipinski definition) is 0. The number of thiophene rings is 1. The van der Waals surface area contributed by atoms with Crippen molar-refractivity contribution in [3.63, 3.8) is 0 Å². The zero-order valence-electron chi connectivity index (χ0n) is 18.1. The SMILES string of the molecule is CN(C)CCOC(=O)Cn1nc(C(F)(F)F)cc1-c1ccc(-c2cccc(S(C)(=O)=O)c2)s1. The van der Waals surface area contributed by atoms with Crippen LogP contribution in [-0.2, 0) is 32.1 Å². The lowest BCUT2D eigenvalue weighted by atomic mass is 10.2. The Kier molecular flexibility index (Phi) is 7.29. The molecule has 12 heteroatoms. The molecule has 0 bridgehead atoms. The summed E-state index contributed by atoms with van der Waals surface area (Å²) in [5.41, 5.74) is -0.394. The third-order valence-electron chi connectivity index (χ3n) is 4.56. The first-order valence-corrected chi connectivity index (χ1v) is 12.4. The molecule has 2 heterocycles. The lowest BCUT2D eigenvalue weighted by Gasteiger charge is -2.10. The van der Waals surface area contributed by atoms with Crippen molar-refractivity contribution in [3.8, 4) is 21.0 Å². The minimum atomic E-state index is -4.68. The van der Waals surface area contributed by atoms with E-state index in [0.29, 0.717) is 21.9 Å². The van der Waals surface area contributed by atoms with Gasteiger partial charge in [-0.1, -0.05) is 12.1 Å². The third-order valence-corrected chi connectivity index (χ3v) is 6.82. The quantitative estimate of drug-likeness (QED) is 0.437. The monoisotopic (exact) mass is 501 g/mol. The van der Waals surface area contributed by atoms with Crippen molar-refractivity contribution in [1.82, 2.24) is 14.7 Å². The predicted octanol–water partition coefficient (Wildman–Crippen LogP) is 3.81. The number of ether oxygens (including phenoxy) is 1. The largest absolute Gasteiger partial charge is 0.463 e. The molecule has 33 heavy (non-hydrogen) atoms. The van der Waals surface area contributed by atoms with E-state index >= 15 is 0 Å². The number of carbonyl (C=O) groups is 1. The second-order valence-corrected chi connectivity index (χ2v) is 10.7. The van der Waals surface area contributed by atoms with Gasteiger partial charge in [0.2, 0.25) is 0 Å². The second-order valence-electron chi connectivity index (χ2n) is 7.56. The summed E-state index contributed by atoms with van der Waals surface area (Å²) < 4.78 is 69.6. The molecular weight excluding hydrogens is 479 g/mol. The summed E-state index contributed by atoms with van der Waals surface area (Å²) in [7, 11) is 0.187. The average Bonchev–Trinajstić information content (AvgIpc) is 3.34. The number of aromatic nitrogens is 2. The van der Waals surface area contributed by atoms with Gasteiger partial charge in [0.05, 0.1) is 15.5 Å². The van der Waals surface area contributed by atoms with Crippen LogP contribution in [0.3, 0.4) is 0 Å². The van der Waals surface area contributed by atoms with Gasteiger partial charge in [-0.2, -0.15) is 18.3 Å². The average molecular weight is 502 g/mol. The molecule has 0 unspecified atom stereocenters. The molecule has 3 rings (SSSR count). The van der Waals surface area contributed by atoms with Gasteiger partial charge in [-0.3, -0.25) is 9.48 Å². The van der Waals surface area contributed by atoms with Gasteiger partial charge in [0.15, 0.2) is 15.5 Å². The number of esters is 1. The number of rotatable bonds is 8. The molecule has 0 saturated carbocycles. The number of nitrogens with zero attached hydrogens (tertiary/aromatic N) is 3. The molecule has 0 atom stereocenters. The first-order valence-electron chi connectivity index (χ1n) is 9.70. The summed E-state index contributed by atoms with van der Waals surface area (Å²) in [6, 6.07) is 10.5. The molecular formula is C21H22F3N3O4S2. The molecule has 0 aliphatic rings. The highest BCUT2D eigenvalue weighted by atomic mass is 32.2. The number of alkyl halides is 3. The summed E-state index contributed by atoms with van der Waals surface area (Å²) in [5.74, 6) is -0.701. The molecule has 0 aliphatic carbocycles. The van der Waals surface area contributed by atoms with Gasteiger partial charge in [0, 0.05) is 17.7 Å². The maximum absolute atomic E-state index is 13.3. The molecule has 7 nitrogen and oxygen atoms in total. The van der Waals surface area contributed by atoms with Crippen molar-refractivity contribution in [1.29, 1.82) is 0 Å². The summed E-state index contributed by atoms with van der Waals surface area (Å²) >= 11 is 1.16. The molecule has 3 aromatic rings. The molecule has 2 aromatic heterocycles. The van der Waals surface area contributed by atoms with Gasteiger partial charge in [0.1, 0.15) is 13.2 Å².